The number of aryl methyl sites for hydroxylation is 1. The molecule has 0 fully saturated rings. The molecule has 0 radical (unpaired) electrons. The number of halogens is 1. The molecule has 5 nitrogen and oxygen atoms in total. The van der Waals surface area contributed by atoms with E-state index in [1.165, 1.54) is 0 Å². The highest BCUT2D eigenvalue weighted by Gasteiger charge is 2.11. The molecular formula is C17H17ClN2O3. The molecule has 2 aromatic carbocycles. The summed E-state index contributed by atoms with van der Waals surface area (Å²) in [4.78, 5) is 23.8. The molecule has 0 spiro atoms. The number of esters is 1. The maximum Gasteiger partial charge on any atom is 0.338 e. The molecule has 0 heterocycles. The molecule has 0 saturated carbocycles. The van der Waals surface area contributed by atoms with E-state index >= 15 is 0 Å². The van der Waals surface area contributed by atoms with Gasteiger partial charge >= 0.3 is 12.0 Å². The lowest BCUT2D eigenvalue weighted by Crippen LogP contribution is -2.20. The molecule has 6 heteroatoms. The second-order valence-corrected chi connectivity index (χ2v) is 5.27. The van der Waals surface area contributed by atoms with Gasteiger partial charge in [-0.05, 0) is 55.8 Å². The Hall–Kier alpha value is -2.53. The zero-order chi connectivity index (χ0) is 16.8. The summed E-state index contributed by atoms with van der Waals surface area (Å²) in [5, 5.41) is 6.01. The topological polar surface area (TPSA) is 67.4 Å². The molecule has 23 heavy (non-hydrogen) atoms. The van der Waals surface area contributed by atoms with Gasteiger partial charge in [-0.15, -0.1) is 0 Å². The van der Waals surface area contributed by atoms with Crippen molar-refractivity contribution in [3.8, 4) is 0 Å². The van der Waals surface area contributed by atoms with E-state index in [4.69, 9.17) is 16.3 Å². The Balaban J connectivity index is 2.09. The van der Waals surface area contributed by atoms with Gasteiger partial charge in [-0.3, -0.25) is 0 Å². The van der Waals surface area contributed by atoms with Crippen LogP contribution in [0.4, 0.5) is 16.2 Å². The molecular weight excluding hydrogens is 316 g/mol. The zero-order valence-electron chi connectivity index (χ0n) is 12.9. The molecule has 0 unspecified atom stereocenters. The van der Waals surface area contributed by atoms with Gasteiger partial charge in [0.25, 0.3) is 0 Å². The van der Waals surface area contributed by atoms with E-state index in [-0.39, 0.29) is 0 Å². The Labute approximate surface area is 139 Å². The van der Waals surface area contributed by atoms with Crippen LogP contribution in [0.15, 0.2) is 42.5 Å². The van der Waals surface area contributed by atoms with Gasteiger partial charge in [0.2, 0.25) is 0 Å². The highest BCUT2D eigenvalue weighted by atomic mass is 35.5. The number of carbonyl (C=O) groups is 2. The molecule has 0 saturated heterocycles. The van der Waals surface area contributed by atoms with Crippen molar-refractivity contribution in [1.29, 1.82) is 0 Å². The second-order valence-electron chi connectivity index (χ2n) is 4.84. The van der Waals surface area contributed by atoms with Gasteiger partial charge in [0.1, 0.15) is 0 Å². The molecule has 0 bridgehead atoms. The third kappa shape index (κ3) is 4.72. The van der Waals surface area contributed by atoms with Crippen LogP contribution in [0.5, 0.6) is 0 Å². The molecule has 2 N–H and O–H groups in total. The number of nitrogens with one attached hydrogen (secondary N) is 2. The highest BCUT2D eigenvalue weighted by Crippen LogP contribution is 2.19. The number of rotatable bonds is 4. The summed E-state index contributed by atoms with van der Waals surface area (Å²) in [6, 6.07) is 11.4. The summed E-state index contributed by atoms with van der Waals surface area (Å²) in [5.74, 6) is -0.423. The van der Waals surface area contributed by atoms with Gasteiger partial charge in [0.05, 0.1) is 12.2 Å². The summed E-state index contributed by atoms with van der Waals surface area (Å²) in [6.07, 6.45) is 0. The van der Waals surface area contributed by atoms with Crippen molar-refractivity contribution in [2.24, 2.45) is 0 Å². The van der Waals surface area contributed by atoms with Crippen LogP contribution < -0.4 is 10.6 Å². The maximum absolute atomic E-state index is 12.1. The number of urea groups is 1. The normalized spacial score (nSPS) is 10.0. The Morgan fingerprint density at radius 1 is 1.09 bits per heavy atom. The maximum atomic E-state index is 12.1. The van der Waals surface area contributed by atoms with Gasteiger partial charge in [0.15, 0.2) is 0 Å². The number of carbonyl (C=O) groups excluding carboxylic acids is 2. The molecule has 2 amide bonds. The lowest BCUT2D eigenvalue weighted by atomic mass is 10.1. The van der Waals surface area contributed by atoms with Gasteiger partial charge in [-0.25, -0.2) is 9.59 Å². The summed E-state index contributed by atoms with van der Waals surface area (Å²) >= 11 is 5.80. The predicted molar refractivity (Wildman–Crippen MR) is 91.2 cm³/mol. The van der Waals surface area contributed by atoms with Gasteiger partial charge in [-0.1, -0.05) is 17.7 Å². The van der Waals surface area contributed by atoms with Gasteiger partial charge in [-0.2, -0.15) is 0 Å². The number of anilines is 2. The second kappa shape index (κ2) is 7.65. The minimum atomic E-state index is -0.423. The lowest BCUT2D eigenvalue weighted by molar-refractivity contribution is 0.0526. The average Bonchev–Trinajstić information content (AvgIpc) is 2.52. The summed E-state index contributed by atoms with van der Waals surface area (Å²) in [6.45, 7) is 3.88. The fourth-order valence-corrected chi connectivity index (χ4v) is 2.04. The number of hydrogen-bond donors (Lipinski definition) is 2. The van der Waals surface area contributed by atoms with Gasteiger partial charge in [0, 0.05) is 16.4 Å². The van der Waals surface area contributed by atoms with E-state index in [9.17, 15) is 9.59 Å². The highest BCUT2D eigenvalue weighted by molar-refractivity contribution is 6.30. The third-order valence-electron chi connectivity index (χ3n) is 3.10. The van der Waals surface area contributed by atoms with Crippen LogP contribution in [-0.4, -0.2) is 18.6 Å². The summed E-state index contributed by atoms with van der Waals surface area (Å²) in [7, 11) is 0. The van der Waals surface area contributed by atoms with Crippen molar-refractivity contribution in [1.82, 2.24) is 0 Å². The van der Waals surface area contributed by atoms with E-state index in [1.807, 2.05) is 6.92 Å². The minimum absolute atomic E-state index is 0.298. The van der Waals surface area contributed by atoms with Crippen molar-refractivity contribution in [2.45, 2.75) is 13.8 Å². The number of hydrogen-bond acceptors (Lipinski definition) is 3. The van der Waals surface area contributed by atoms with Crippen molar-refractivity contribution in [2.75, 3.05) is 17.2 Å². The molecule has 2 rings (SSSR count). The SMILES string of the molecule is CCOC(=O)c1ccc(C)c(NC(=O)Nc2ccc(Cl)cc2)c1. The smallest absolute Gasteiger partial charge is 0.338 e. The van der Waals surface area contributed by atoms with Gasteiger partial charge < -0.3 is 15.4 Å². The molecule has 0 aliphatic rings. The molecule has 2 aromatic rings. The standard InChI is InChI=1S/C17H17ClN2O3/c1-3-23-16(21)12-5-4-11(2)15(10-12)20-17(22)19-14-8-6-13(18)7-9-14/h4-10H,3H2,1-2H3,(H2,19,20,22). The van der Waals surface area contributed by atoms with Crippen LogP contribution in [-0.2, 0) is 4.74 Å². The minimum Gasteiger partial charge on any atom is -0.462 e. The lowest BCUT2D eigenvalue weighted by Gasteiger charge is -2.11. The average molecular weight is 333 g/mol. The van der Waals surface area contributed by atoms with Crippen LogP contribution >= 0.6 is 11.6 Å². The monoisotopic (exact) mass is 332 g/mol. The molecule has 0 atom stereocenters. The first-order valence-corrected chi connectivity index (χ1v) is 7.48. The van der Waals surface area contributed by atoms with Crippen molar-refractivity contribution in [3.05, 3.63) is 58.6 Å². The number of benzene rings is 2. The van der Waals surface area contributed by atoms with Crippen LogP contribution in [0.3, 0.4) is 0 Å². The quantitative estimate of drug-likeness (QED) is 0.812. The Bertz CT molecular complexity index is 714. The van der Waals surface area contributed by atoms with Crippen molar-refractivity contribution >= 4 is 35.0 Å². The van der Waals surface area contributed by atoms with E-state index in [2.05, 4.69) is 10.6 Å². The molecule has 0 aromatic heterocycles. The summed E-state index contributed by atoms with van der Waals surface area (Å²) in [5.41, 5.74) is 2.39. The fraction of sp³-hybridized carbons (Fsp3) is 0.176. The van der Waals surface area contributed by atoms with Crippen LogP contribution in [0.25, 0.3) is 0 Å². The van der Waals surface area contributed by atoms with Crippen molar-refractivity contribution < 1.29 is 14.3 Å². The van der Waals surface area contributed by atoms with E-state index in [0.717, 1.165) is 5.56 Å². The Morgan fingerprint density at radius 3 is 2.43 bits per heavy atom. The van der Waals surface area contributed by atoms with E-state index < -0.39 is 12.0 Å². The third-order valence-corrected chi connectivity index (χ3v) is 3.35. The fourth-order valence-electron chi connectivity index (χ4n) is 1.92. The number of amides is 2. The number of ether oxygens (including phenoxy) is 1. The van der Waals surface area contributed by atoms with E-state index in [1.54, 1.807) is 49.4 Å². The largest absolute Gasteiger partial charge is 0.462 e. The molecule has 0 aliphatic carbocycles. The summed E-state index contributed by atoms with van der Waals surface area (Å²) < 4.78 is 4.95. The van der Waals surface area contributed by atoms with Crippen LogP contribution in [0, 0.1) is 6.92 Å². The first kappa shape index (κ1) is 16.8. The molecule has 0 aliphatic heterocycles. The van der Waals surface area contributed by atoms with E-state index in [0.29, 0.717) is 28.6 Å². The Kier molecular flexibility index (Phi) is 5.60. The first-order valence-electron chi connectivity index (χ1n) is 7.11. The van der Waals surface area contributed by atoms with Crippen LogP contribution in [0.1, 0.15) is 22.8 Å². The molecule has 120 valence electrons. The predicted octanol–water partition coefficient (Wildman–Crippen LogP) is 4.47. The zero-order valence-corrected chi connectivity index (χ0v) is 13.6. The van der Waals surface area contributed by atoms with Crippen molar-refractivity contribution in [3.63, 3.8) is 0 Å². The Morgan fingerprint density at radius 2 is 1.78 bits per heavy atom. The van der Waals surface area contributed by atoms with Crippen LogP contribution in [0.2, 0.25) is 5.02 Å². The first-order chi connectivity index (χ1) is 11.0.